The second-order valence-corrected chi connectivity index (χ2v) is 6.08. The normalized spacial score (nSPS) is 11.1. The molecule has 162 valence electrons. The number of nitrogens with one attached hydrogen (secondary N) is 1. The number of esters is 1. The van der Waals surface area contributed by atoms with Crippen LogP contribution in [0.3, 0.4) is 0 Å². The van der Waals surface area contributed by atoms with E-state index in [9.17, 15) is 22.8 Å². The molecule has 0 unspecified atom stereocenters. The number of rotatable bonds is 5. The van der Waals surface area contributed by atoms with Crippen LogP contribution in [-0.4, -0.2) is 39.3 Å². The number of halogens is 3. The molecule has 0 radical (unpaired) electrons. The molecule has 0 aliphatic rings. The van der Waals surface area contributed by atoms with Gasteiger partial charge in [-0.3, -0.25) is 15.3 Å². The van der Waals surface area contributed by atoms with Crippen molar-refractivity contribution in [2.24, 2.45) is 0 Å². The lowest BCUT2D eigenvalue weighted by Gasteiger charge is -2.10. The van der Waals surface area contributed by atoms with Gasteiger partial charge >= 0.3 is 24.1 Å². The van der Waals surface area contributed by atoms with Crippen LogP contribution >= 0.6 is 0 Å². The maximum absolute atomic E-state index is 12.6. The van der Waals surface area contributed by atoms with Gasteiger partial charge in [-0.1, -0.05) is 5.16 Å². The molecular weight excluding hydrogens is 423 g/mol. The summed E-state index contributed by atoms with van der Waals surface area (Å²) in [6.07, 6.45) is -1.64. The summed E-state index contributed by atoms with van der Waals surface area (Å²) >= 11 is 0. The molecule has 0 atom stereocenters. The fourth-order valence-electron chi connectivity index (χ4n) is 2.34. The molecular formula is C18H14F3N5O5. The van der Waals surface area contributed by atoms with E-state index < -0.39 is 24.1 Å². The highest BCUT2D eigenvalue weighted by molar-refractivity contribution is 5.89. The second-order valence-electron chi connectivity index (χ2n) is 6.08. The Labute approximate surface area is 172 Å². The first-order valence-corrected chi connectivity index (χ1v) is 8.51. The van der Waals surface area contributed by atoms with Gasteiger partial charge in [0.2, 0.25) is 5.82 Å². The zero-order valence-electron chi connectivity index (χ0n) is 16.1. The second kappa shape index (κ2) is 8.77. The maximum Gasteiger partial charge on any atom is 0.471 e. The van der Waals surface area contributed by atoms with Crippen LogP contribution in [0.4, 0.5) is 23.7 Å². The summed E-state index contributed by atoms with van der Waals surface area (Å²) in [6.45, 7) is 1.42. The van der Waals surface area contributed by atoms with Crippen molar-refractivity contribution in [3.8, 4) is 11.5 Å². The van der Waals surface area contributed by atoms with Gasteiger partial charge in [-0.05, 0) is 24.6 Å². The van der Waals surface area contributed by atoms with Crippen molar-refractivity contribution in [1.82, 2.24) is 20.1 Å². The molecule has 3 heterocycles. The summed E-state index contributed by atoms with van der Waals surface area (Å²) in [5.74, 6) is -2.41. The van der Waals surface area contributed by atoms with Crippen molar-refractivity contribution in [3.05, 3.63) is 53.3 Å². The Hall–Kier alpha value is -4.03. The van der Waals surface area contributed by atoms with E-state index in [0.717, 1.165) is 0 Å². The van der Waals surface area contributed by atoms with Crippen molar-refractivity contribution in [1.29, 1.82) is 0 Å². The summed E-state index contributed by atoms with van der Waals surface area (Å²) in [4.78, 5) is 34.6. The van der Waals surface area contributed by atoms with Crippen molar-refractivity contribution >= 4 is 17.7 Å². The van der Waals surface area contributed by atoms with Crippen molar-refractivity contribution in [2.45, 2.75) is 19.7 Å². The summed E-state index contributed by atoms with van der Waals surface area (Å²) in [6, 6.07) is 2.85. The van der Waals surface area contributed by atoms with Gasteiger partial charge in [-0.2, -0.15) is 18.2 Å². The van der Waals surface area contributed by atoms with Crippen LogP contribution in [0.1, 0.15) is 27.4 Å². The number of alkyl halides is 3. The topological polar surface area (TPSA) is 129 Å². The van der Waals surface area contributed by atoms with E-state index in [4.69, 9.17) is 4.74 Å². The number of amides is 1. The highest BCUT2D eigenvalue weighted by atomic mass is 19.4. The predicted molar refractivity (Wildman–Crippen MR) is 96.7 cm³/mol. The minimum atomic E-state index is -4.77. The largest absolute Gasteiger partial charge is 0.471 e. The summed E-state index contributed by atoms with van der Waals surface area (Å²) in [5, 5.41) is 5.71. The van der Waals surface area contributed by atoms with Gasteiger partial charge in [0.15, 0.2) is 0 Å². The lowest BCUT2D eigenvalue weighted by atomic mass is 10.2. The lowest BCUT2D eigenvalue weighted by molar-refractivity contribution is -0.159. The molecule has 0 aliphatic heterocycles. The monoisotopic (exact) mass is 437 g/mol. The van der Waals surface area contributed by atoms with Crippen molar-refractivity contribution in [2.75, 3.05) is 12.4 Å². The molecule has 0 saturated heterocycles. The highest BCUT2D eigenvalue weighted by Crippen LogP contribution is 2.29. The Morgan fingerprint density at radius 2 is 1.97 bits per heavy atom. The van der Waals surface area contributed by atoms with E-state index >= 15 is 0 Å². The van der Waals surface area contributed by atoms with Gasteiger partial charge < -0.3 is 14.0 Å². The molecule has 1 amide bonds. The first kappa shape index (κ1) is 21.7. The number of hydrogen-bond acceptors (Lipinski definition) is 9. The summed E-state index contributed by atoms with van der Waals surface area (Å²) in [5.41, 5.74) is 1.42. The number of anilines is 1. The summed E-state index contributed by atoms with van der Waals surface area (Å²) in [7, 11) is 1.23. The fourth-order valence-corrected chi connectivity index (χ4v) is 2.34. The predicted octanol–water partition coefficient (Wildman–Crippen LogP) is 3.39. The van der Waals surface area contributed by atoms with Crippen LogP contribution < -0.4 is 5.32 Å². The Balaban J connectivity index is 1.63. The minimum Gasteiger partial charge on any atom is -0.465 e. The zero-order valence-corrected chi connectivity index (χ0v) is 16.1. The number of nitrogens with zero attached hydrogens (tertiary/aromatic N) is 4. The van der Waals surface area contributed by atoms with Crippen LogP contribution in [0.15, 0.2) is 35.2 Å². The minimum absolute atomic E-state index is 0.0290. The number of pyridine rings is 2. The Kier molecular flexibility index (Phi) is 6.13. The first-order valence-electron chi connectivity index (χ1n) is 8.51. The van der Waals surface area contributed by atoms with E-state index in [0.29, 0.717) is 11.1 Å². The third kappa shape index (κ3) is 5.32. The van der Waals surface area contributed by atoms with E-state index in [2.05, 4.69) is 34.7 Å². The average Bonchev–Trinajstić information content (AvgIpc) is 3.24. The van der Waals surface area contributed by atoms with Crippen LogP contribution in [-0.2, 0) is 22.3 Å². The van der Waals surface area contributed by atoms with E-state index in [-0.39, 0.29) is 29.4 Å². The molecule has 10 nitrogen and oxygen atoms in total. The Morgan fingerprint density at radius 3 is 2.61 bits per heavy atom. The number of aryl methyl sites for hydroxylation is 1. The first-order chi connectivity index (χ1) is 14.7. The number of aromatic nitrogens is 4. The number of ether oxygens (including phenoxy) is 2. The van der Waals surface area contributed by atoms with Crippen molar-refractivity contribution < 1.29 is 36.8 Å². The lowest BCUT2D eigenvalue weighted by Crippen LogP contribution is -2.15. The smallest absolute Gasteiger partial charge is 0.465 e. The SMILES string of the molecule is COC(=O)c1cncc(COC(=O)Nc2cnc(-c3noc(C(F)(F)F)n3)cc2C)c1. The number of carbonyl (C=O) groups is 2. The van der Waals surface area contributed by atoms with Crippen LogP contribution in [0.5, 0.6) is 0 Å². The van der Waals surface area contributed by atoms with Gasteiger partial charge in [-0.25, -0.2) is 9.59 Å². The molecule has 1 N–H and O–H groups in total. The molecule has 3 rings (SSSR count). The standard InChI is InChI=1S/C18H14F3N5O5/c1-9-3-12(14-25-16(31-26-14)18(19,20)21)23-7-13(9)24-17(28)30-8-10-4-11(6-22-5-10)15(27)29-2/h3-7H,8H2,1-2H3,(H,24,28). The van der Waals surface area contributed by atoms with Gasteiger partial charge in [0.05, 0.1) is 24.6 Å². The third-order valence-electron chi connectivity index (χ3n) is 3.83. The summed E-state index contributed by atoms with van der Waals surface area (Å²) < 4.78 is 51.6. The van der Waals surface area contributed by atoms with Gasteiger partial charge in [0, 0.05) is 18.0 Å². The molecule has 3 aromatic rings. The fraction of sp³-hybridized carbons (Fsp3) is 0.222. The number of carbonyl (C=O) groups excluding carboxylic acids is 2. The molecule has 3 aromatic heterocycles. The van der Waals surface area contributed by atoms with Crippen LogP contribution in [0, 0.1) is 6.92 Å². The van der Waals surface area contributed by atoms with Crippen LogP contribution in [0.2, 0.25) is 0 Å². The highest BCUT2D eigenvalue weighted by Gasteiger charge is 2.38. The third-order valence-corrected chi connectivity index (χ3v) is 3.83. The Morgan fingerprint density at radius 1 is 1.19 bits per heavy atom. The number of hydrogen-bond donors (Lipinski definition) is 1. The Bertz CT molecular complexity index is 1120. The molecule has 13 heteroatoms. The molecule has 0 saturated carbocycles. The zero-order chi connectivity index (χ0) is 22.6. The van der Waals surface area contributed by atoms with E-state index in [1.54, 1.807) is 6.92 Å². The molecule has 0 aromatic carbocycles. The average molecular weight is 437 g/mol. The van der Waals surface area contributed by atoms with E-state index in [1.807, 2.05) is 0 Å². The van der Waals surface area contributed by atoms with E-state index in [1.165, 1.54) is 37.8 Å². The molecule has 31 heavy (non-hydrogen) atoms. The van der Waals surface area contributed by atoms with Gasteiger partial charge in [0.1, 0.15) is 12.3 Å². The molecule has 0 fully saturated rings. The maximum atomic E-state index is 12.6. The number of methoxy groups -OCH3 is 1. The van der Waals surface area contributed by atoms with Gasteiger partial charge in [-0.15, -0.1) is 0 Å². The van der Waals surface area contributed by atoms with Gasteiger partial charge in [0.25, 0.3) is 0 Å². The van der Waals surface area contributed by atoms with Crippen molar-refractivity contribution in [3.63, 3.8) is 0 Å². The molecule has 0 spiro atoms. The quantitative estimate of drug-likeness (QED) is 0.597. The molecule has 0 aliphatic carbocycles. The van der Waals surface area contributed by atoms with Crippen LogP contribution in [0.25, 0.3) is 11.5 Å². The molecule has 0 bridgehead atoms.